The monoisotopic (exact) mass is 212 g/mol. The predicted molar refractivity (Wildman–Crippen MR) is 57.6 cm³/mol. The number of ether oxygens (including phenoxy) is 1. The van der Waals surface area contributed by atoms with Gasteiger partial charge in [0.1, 0.15) is 0 Å². The SMILES string of the molecule is O=C(NCCC1CCN1)C1CCCOC1. The molecule has 2 N–H and O–H groups in total. The first-order valence-corrected chi connectivity index (χ1v) is 5.95. The minimum absolute atomic E-state index is 0.0908. The number of amides is 1. The number of hydrogen-bond donors (Lipinski definition) is 2. The molecule has 0 aliphatic carbocycles. The maximum Gasteiger partial charge on any atom is 0.225 e. The molecule has 2 atom stereocenters. The molecule has 86 valence electrons. The lowest BCUT2D eigenvalue weighted by molar-refractivity contribution is -0.128. The van der Waals surface area contributed by atoms with Gasteiger partial charge in [-0.2, -0.15) is 0 Å². The topological polar surface area (TPSA) is 50.4 Å². The Balaban J connectivity index is 1.58. The van der Waals surface area contributed by atoms with Gasteiger partial charge in [0.25, 0.3) is 0 Å². The minimum atomic E-state index is 0.0908. The van der Waals surface area contributed by atoms with Crippen LogP contribution in [0.3, 0.4) is 0 Å². The van der Waals surface area contributed by atoms with E-state index in [0.29, 0.717) is 12.6 Å². The van der Waals surface area contributed by atoms with Crippen LogP contribution in [0.5, 0.6) is 0 Å². The fourth-order valence-corrected chi connectivity index (χ4v) is 2.06. The Labute approximate surface area is 90.8 Å². The number of carbonyl (C=O) groups excluding carboxylic acids is 1. The predicted octanol–water partition coefficient (Wildman–Crippen LogP) is 0.281. The van der Waals surface area contributed by atoms with Gasteiger partial charge in [0, 0.05) is 19.2 Å². The largest absolute Gasteiger partial charge is 0.381 e. The van der Waals surface area contributed by atoms with Gasteiger partial charge in [-0.3, -0.25) is 4.79 Å². The van der Waals surface area contributed by atoms with E-state index in [4.69, 9.17) is 4.74 Å². The Hall–Kier alpha value is -0.610. The van der Waals surface area contributed by atoms with Gasteiger partial charge in [-0.15, -0.1) is 0 Å². The summed E-state index contributed by atoms with van der Waals surface area (Å²) in [6.07, 6.45) is 4.30. The zero-order chi connectivity index (χ0) is 10.5. The van der Waals surface area contributed by atoms with Crippen molar-refractivity contribution < 1.29 is 9.53 Å². The van der Waals surface area contributed by atoms with E-state index in [-0.39, 0.29) is 11.8 Å². The number of nitrogens with one attached hydrogen (secondary N) is 2. The second kappa shape index (κ2) is 5.47. The van der Waals surface area contributed by atoms with Crippen LogP contribution in [-0.4, -0.2) is 38.3 Å². The highest BCUT2D eigenvalue weighted by molar-refractivity contribution is 5.78. The lowest BCUT2D eigenvalue weighted by Crippen LogP contribution is -2.45. The molecule has 4 nitrogen and oxygen atoms in total. The standard InChI is InChI=1S/C11H20N2O2/c14-11(9-2-1-7-15-8-9)13-6-4-10-3-5-12-10/h9-10,12H,1-8H2,(H,13,14). The second-order valence-corrected chi connectivity index (χ2v) is 4.43. The summed E-state index contributed by atoms with van der Waals surface area (Å²) in [6, 6.07) is 0.632. The Kier molecular flexibility index (Phi) is 3.97. The normalized spacial score (nSPS) is 30.7. The summed E-state index contributed by atoms with van der Waals surface area (Å²) in [5.41, 5.74) is 0. The molecule has 2 heterocycles. The molecule has 2 aliphatic rings. The fraction of sp³-hybridized carbons (Fsp3) is 0.909. The van der Waals surface area contributed by atoms with Crippen molar-refractivity contribution >= 4 is 5.91 Å². The summed E-state index contributed by atoms with van der Waals surface area (Å²) in [5, 5.41) is 6.32. The molecule has 2 saturated heterocycles. The van der Waals surface area contributed by atoms with Gasteiger partial charge in [0.05, 0.1) is 12.5 Å². The smallest absolute Gasteiger partial charge is 0.225 e. The number of hydrogen-bond acceptors (Lipinski definition) is 3. The molecule has 4 heteroatoms. The molecular weight excluding hydrogens is 192 g/mol. The third-order valence-electron chi connectivity index (χ3n) is 3.25. The first-order valence-electron chi connectivity index (χ1n) is 5.95. The van der Waals surface area contributed by atoms with Crippen LogP contribution in [0.4, 0.5) is 0 Å². The quantitative estimate of drug-likeness (QED) is 0.704. The lowest BCUT2D eigenvalue weighted by Gasteiger charge is -2.28. The average molecular weight is 212 g/mol. The molecule has 0 radical (unpaired) electrons. The van der Waals surface area contributed by atoms with Crippen molar-refractivity contribution in [2.45, 2.75) is 31.7 Å². The van der Waals surface area contributed by atoms with E-state index in [1.165, 1.54) is 6.42 Å². The first kappa shape index (κ1) is 10.9. The maximum atomic E-state index is 11.7. The van der Waals surface area contributed by atoms with Gasteiger partial charge in [-0.25, -0.2) is 0 Å². The van der Waals surface area contributed by atoms with Crippen LogP contribution in [0, 0.1) is 5.92 Å². The molecule has 0 aromatic rings. The number of rotatable bonds is 4. The van der Waals surface area contributed by atoms with Crippen LogP contribution in [-0.2, 0) is 9.53 Å². The summed E-state index contributed by atoms with van der Waals surface area (Å²) in [5.74, 6) is 0.266. The van der Waals surface area contributed by atoms with E-state index in [2.05, 4.69) is 10.6 Å². The summed E-state index contributed by atoms with van der Waals surface area (Å²) >= 11 is 0. The second-order valence-electron chi connectivity index (χ2n) is 4.43. The molecule has 0 saturated carbocycles. The van der Waals surface area contributed by atoms with E-state index < -0.39 is 0 Å². The molecular formula is C11H20N2O2. The van der Waals surface area contributed by atoms with Crippen molar-refractivity contribution in [3.63, 3.8) is 0 Å². The zero-order valence-corrected chi connectivity index (χ0v) is 9.13. The van der Waals surface area contributed by atoms with Gasteiger partial charge in [0.15, 0.2) is 0 Å². The van der Waals surface area contributed by atoms with Crippen LogP contribution >= 0.6 is 0 Å². The van der Waals surface area contributed by atoms with E-state index in [1.807, 2.05) is 0 Å². The van der Waals surface area contributed by atoms with Crippen molar-refractivity contribution in [2.75, 3.05) is 26.3 Å². The summed E-state index contributed by atoms with van der Waals surface area (Å²) in [4.78, 5) is 11.7. The van der Waals surface area contributed by atoms with Crippen molar-refractivity contribution in [3.8, 4) is 0 Å². The summed E-state index contributed by atoms with van der Waals surface area (Å²) in [6.45, 7) is 3.35. The van der Waals surface area contributed by atoms with Gasteiger partial charge in [-0.1, -0.05) is 0 Å². The molecule has 2 aliphatic heterocycles. The van der Waals surface area contributed by atoms with E-state index >= 15 is 0 Å². The molecule has 2 rings (SSSR count). The minimum Gasteiger partial charge on any atom is -0.381 e. The highest BCUT2D eigenvalue weighted by Crippen LogP contribution is 2.13. The molecule has 1 amide bonds. The molecule has 0 spiro atoms. The fourth-order valence-electron chi connectivity index (χ4n) is 2.06. The molecule has 2 fully saturated rings. The van der Waals surface area contributed by atoms with Gasteiger partial charge < -0.3 is 15.4 Å². The Morgan fingerprint density at radius 1 is 1.47 bits per heavy atom. The van der Waals surface area contributed by atoms with Gasteiger partial charge in [0.2, 0.25) is 5.91 Å². The highest BCUT2D eigenvalue weighted by Gasteiger charge is 2.22. The molecule has 0 bridgehead atoms. The van der Waals surface area contributed by atoms with Crippen LogP contribution in [0.1, 0.15) is 25.7 Å². The summed E-state index contributed by atoms with van der Waals surface area (Å²) < 4.78 is 5.29. The van der Waals surface area contributed by atoms with Crippen LogP contribution in [0.15, 0.2) is 0 Å². The Morgan fingerprint density at radius 2 is 2.33 bits per heavy atom. The average Bonchev–Trinajstić information content (AvgIpc) is 2.23. The summed E-state index contributed by atoms with van der Waals surface area (Å²) in [7, 11) is 0. The maximum absolute atomic E-state index is 11.7. The lowest BCUT2D eigenvalue weighted by atomic mass is 10.0. The zero-order valence-electron chi connectivity index (χ0n) is 9.13. The number of carbonyl (C=O) groups is 1. The first-order chi connectivity index (χ1) is 7.36. The Bertz CT molecular complexity index is 211. The van der Waals surface area contributed by atoms with Gasteiger partial charge >= 0.3 is 0 Å². The van der Waals surface area contributed by atoms with Crippen molar-refractivity contribution in [2.24, 2.45) is 5.92 Å². The highest BCUT2D eigenvalue weighted by atomic mass is 16.5. The Morgan fingerprint density at radius 3 is 2.93 bits per heavy atom. The van der Waals surface area contributed by atoms with E-state index in [9.17, 15) is 4.79 Å². The van der Waals surface area contributed by atoms with Crippen molar-refractivity contribution in [1.29, 1.82) is 0 Å². The van der Waals surface area contributed by atoms with E-state index in [1.54, 1.807) is 0 Å². The third-order valence-corrected chi connectivity index (χ3v) is 3.25. The van der Waals surface area contributed by atoms with Crippen LogP contribution in [0.2, 0.25) is 0 Å². The molecule has 0 aromatic carbocycles. The van der Waals surface area contributed by atoms with Gasteiger partial charge in [-0.05, 0) is 32.2 Å². The third kappa shape index (κ3) is 3.18. The molecule has 15 heavy (non-hydrogen) atoms. The van der Waals surface area contributed by atoms with Crippen LogP contribution in [0.25, 0.3) is 0 Å². The molecule has 0 aromatic heterocycles. The van der Waals surface area contributed by atoms with Crippen molar-refractivity contribution in [1.82, 2.24) is 10.6 Å². The molecule has 2 unspecified atom stereocenters. The van der Waals surface area contributed by atoms with E-state index in [0.717, 1.165) is 39.0 Å². The van der Waals surface area contributed by atoms with Crippen LogP contribution < -0.4 is 10.6 Å². The van der Waals surface area contributed by atoms with Crippen molar-refractivity contribution in [3.05, 3.63) is 0 Å².